The van der Waals surface area contributed by atoms with Gasteiger partial charge in [0, 0.05) is 11.1 Å². The van der Waals surface area contributed by atoms with E-state index in [1.807, 2.05) is 25.1 Å². The standard InChI is InChI=1S/C26H29ClN2O3S/c1-20(18-26(2,3)21-10-6-4-7-11-21)28-25(30)19-29(23-12-8-5-9-13-23)33(31,32)24-16-14-22(27)15-17-24/h4-17,20H,18-19H2,1-3H3,(H,28,30). The van der Waals surface area contributed by atoms with Crippen LogP contribution in [0, 0.1) is 0 Å². The Labute approximate surface area is 201 Å². The molecule has 0 heterocycles. The van der Waals surface area contributed by atoms with Gasteiger partial charge in [0.25, 0.3) is 10.0 Å². The number of carbonyl (C=O) groups is 1. The number of sulfonamides is 1. The lowest BCUT2D eigenvalue weighted by atomic mass is 9.79. The first-order chi connectivity index (χ1) is 15.6. The number of nitrogens with zero attached hydrogens (tertiary/aromatic N) is 1. The van der Waals surface area contributed by atoms with E-state index >= 15 is 0 Å². The Hall–Kier alpha value is -2.83. The van der Waals surface area contributed by atoms with E-state index < -0.39 is 10.0 Å². The van der Waals surface area contributed by atoms with Gasteiger partial charge in [0.2, 0.25) is 5.91 Å². The maximum absolute atomic E-state index is 13.4. The largest absolute Gasteiger partial charge is 0.352 e. The van der Waals surface area contributed by atoms with Gasteiger partial charge in [-0.15, -0.1) is 0 Å². The maximum Gasteiger partial charge on any atom is 0.264 e. The molecule has 1 amide bonds. The van der Waals surface area contributed by atoms with Crippen molar-refractivity contribution in [2.75, 3.05) is 10.8 Å². The van der Waals surface area contributed by atoms with Gasteiger partial charge in [0.1, 0.15) is 6.54 Å². The van der Waals surface area contributed by atoms with E-state index in [2.05, 4.69) is 31.3 Å². The third kappa shape index (κ3) is 6.36. The summed E-state index contributed by atoms with van der Waals surface area (Å²) < 4.78 is 27.9. The van der Waals surface area contributed by atoms with E-state index in [0.29, 0.717) is 17.1 Å². The number of nitrogens with one attached hydrogen (secondary N) is 1. The Kier molecular flexibility index (Phi) is 7.82. The fourth-order valence-electron chi connectivity index (χ4n) is 3.92. The molecule has 0 aliphatic carbocycles. The van der Waals surface area contributed by atoms with E-state index in [-0.39, 0.29) is 28.8 Å². The summed E-state index contributed by atoms with van der Waals surface area (Å²) in [6.45, 7) is 5.87. The van der Waals surface area contributed by atoms with Gasteiger partial charge in [-0.1, -0.05) is 74.0 Å². The van der Waals surface area contributed by atoms with Crippen LogP contribution in [0.4, 0.5) is 5.69 Å². The van der Waals surface area contributed by atoms with Crippen LogP contribution in [0.15, 0.2) is 89.8 Å². The quantitative estimate of drug-likeness (QED) is 0.441. The number of carbonyl (C=O) groups excluding carboxylic acids is 1. The van der Waals surface area contributed by atoms with Gasteiger partial charge in [-0.25, -0.2) is 8.42 Å². The predicted octanol–water partition coefficient (Wildman–Crippen LogP) is 5.41. The number of halogens is 1. The van der Waals surface area contributed by atoms with Crippen LogP contribution in [-0.2, 0) is 20.2 Å². The van der Waals surface area contributed by atoms with E-state index in [1.54, 1.807) is 30.3 Å². The van der Waals surface area contributed by atoms with Gasteiger partial charge in [-0.2, -0.15) is 0 Å². The fourth-order valence-corrected chi connectivity index (χ4v) is 5.46. The van der Waals surface area contributed by atoms with Crippen LogP contribution >= 0.6 is 11.6 Å². The molecule has 0 spiro atoms. The normalized spacial score (nSPS) is 12.7. The number of anilines is 1. The van der Waals surface area contributed by atoms with Crippen LogP contribution in [0.3, 0.4) is 0 Å². The van der Waals surface area contributed by atoms with E-state index in [0.717, 1.165) is 4.31 Å². The lowest BCUT2D eigenvalue weighted by Crippen LogP contribution is -2.45. The lowest BCUT2D eigenvalue weighted by Gasteiger charge is -2.30. The second-order valence-electron chi connectivity index (χ2n) is 8.72. The Balaban J connectivity index is 1.77. The Morgan fingerprint density at radius 1 is 0.939 bits per heavy atom. The van der Waals surface area contributed by atoms with Crippen LogP contribution < -0.4 is 9.62 Å². The average molecular weight is 485 g/mol. The smallest absolute Gasteiger partial charge is 0.264 e. The zero-order valence-corrected chi connectivity index (χ0v) is 20.6. The molecule has 0 saturated carbocycles. The molecule has 1 unspecified atom stereocenters. The molecule has 7 heteroatoms. The van der Waals surface area contributed by atoms with Gasteiger partial charge in [-0.3, -0.25) is 9.10 Å². The Morgan fingerprint density at radius 3 is 2.06 bits per heavy atom. The molecule has 3 aromatic carbocycles. The van der Waals surface area contributed by atoms with Crippen molar-refractivity contribution in [3.05, 3.63) is 95.5 Å². The zero-order valence-electron chi connectivity index (χ0n) is 19.0. The van der Waals surface area contributed by atoms with Crippen molar-refractivity contribution >= 4 is 33.2 Å². The maximum atomic E-state index is 13.4. The van der Waals surface area contributed by atoms with Crippen LogP contribution in [0.25, 0.3) is 0 Å². The van der Waals surface area contributed by atoms with Crippen molar-refractivity contribution in [1.29, 1.82) is 0 Å². The minimum Gasteiger partial charge on any atom is -0.352 e. The highest BCUT2D eigenvalue weighted by molar-refractivity contribution is 7.92. The summed E-state index contributed by atoms with van der Waals surface area (Å²) in [7, 11) is -3.97. The first kappa shape index (κ1) is 24.8. The van der Waals surface area contributed by atoms with Crippen molar-refractivity contribution < 1.29 is 13.2 Å². The molecule has 0 radical (unpaired) electrons. The topological polar surface area (TPSA) is 66.5 Å². The second kappa shape index (κ2) is 10.4. The summed E-state index contributed by atoms with van der Waals surface area (Å²) in [5.74, 6) is -0.368. The number of benzene rings is 3. The SMILES string of the molecule is CC(CC(C)(C)c1ccccc1)NC(=O)CN(c1ccccc1)S(=O)(=O)c1ccc(Cl)cc1. The Bertz CT molecular complexity index is 1170. The van der Waals surface area contributed by atoms with Gasteiger partial charge in [-0.05, 0) is 60.7 Å². The molecule has 3 rings (SSSR count). The highest BCUT2D eigenvalue weighted by Crippen LogP contribution is 2.28. The summed E-state index contributed by atoms with van der Waals surface area (Å²) in [6, 6.07) is 24.5. The highest BCUT2D eigenvalue weighted by atomic mass is 35.5. The molecule has 0 bridgehead atoms. The number of para-hydroxylation sites is 1. The first-order valence-electron chi connectivity index (χ1n) is 10.8. The van der Waals surface area contributed by atoms with Gasteiger partial charge in [0.05, 0.1) is 10.6 Å². The molecule has 3 aromatic rings. The summed E-state index contributed by atoms with van der Waals surface area (Å²) in [5.41, 5.74) is 1.45. The van der Waals surface area contributed by atoms with Crippen molar-refractivity contribution in [3.63, 3.8) is 0 Å². The second-order valence-corrected chi connectivity index (χ2v) is 11.0. The van der Waals surface area contributed by atoms with Crippen molar-refractivity contribution in [3.8, 4) is 0 Å². The summed E-state index contributed by atoms with van der Waals surface area (Å²) in [6.07, 6.45) is 0.706. The molecule has 5 nitrogen and oxygen atoms in total. The molecule has 1 atom stereocenters. The minimum atomic E-state index is -3.97. The lowest BCUT2D eigenvalue weighted by molar-refractivity contribution is -0.120. The summed E-state index contributed by atoms with van der Waals surface area (Å²) in [4.78, 5) is 13.0. The van der Waals surface area contributed by atoms with Gasteiger partial charge < -0.3 is 5.32 Å². The van der Waals surface area contributed by atoms with Crippen molar-refractivity contribution in [1.82, 2.24) is 5.32 Å². The van der Waals surface area contributed by atoms with Crippen molar-refractivity contribution in [2.24, 2.45) is 0 Å². The summed E-state index contributed by atoms with van der Waals surface area (Å²) in [5, 5.41) is 3.41. The predicted molar refractivity (Wildman–Crippen MR) is 134 cm³/mol. The molecule has 174 valence electrons. The van der Waals surface area contributed by atoms with E-state index in [1.165, 1.54) is 29.8 Å². The minimum absolute atomic E-state index is 0.0711. The van der Waals surface area contributed by atoms with Gasteiger partial charge in [0.15, 0.2) is 0 Å². The number of hydrogen-bond acceptors (Lipinski definition) is 3. The molecular formula is C26H29ClN2O3S. The molecule has 0 saturated heterocycles. The Morgan fingerprint density at radius 2 is 1.48 bits per heavy atom. The molecule has 33 heavy (non-hydrogen) atoms. The van der Waals surface area contributed by atoms with E-state index in [4.69, 9.17) is 11.6 Å². The van der Waals surface area contributed by atoms with Crippen LogP contribution in [0.5, 0.6) is 0 Å². The summed E-state index contributed by atoms with van der Waals surface area (Å²) >= 11 is 5.92. The molecular weight excluding hydrogens is 456 g/mol. The number of rotatable bonds is 9. The third-order valence-electron chi connectivity index (χ3n) is 5.51. The average Bonchev–Trinajstić information content (AvgIpc) is 2.78. The molecule has 0 aliphatic rings. The van der Waals surface area contributed by atoms with Crippen LogP contribution in [0.2, 0.25) is 5.02 Å². The van der Waals surface area contributed by atoms with E-state index in [9.17, 15) is 13.2 Å². The fraction of sp³-hybridized carbons (Fsp3) is 0.269. The van der Waals surface area contributed by atoms with Crippen LogP contribution in [0.1, 0.15) is 32.8 Å². The van der Waals surface area contributed by atoms with Gasteiger partial charge >= 0.3 is 0 Å². The first-order valence-corrected chi connectivity index (χ1v) is 12.6. The molecule has 0 aliphatic heterocycles. The number of amides is 1. The zero-order chi connectivity index (χ0) is 24.1. The van der Waals surface area contributed by atoms with Crippen LogP contribution in [-0.4, -0.2) is 26.9 Å². The number of hydrogen-bond donors (Lipinski definition) is 1. The highest BCUT2D eigenvalue weighted by Gasteiger charge is 2.29. The molecule has 0 fully saturated rings. The molecule has 1 N–H and O–H groups in total. The molecule has 0 aromatic heterocycles. The monoisotopic (exact) mass is 484 g/mol. The third-order valence-corrected chi connectivity index (χ3v) is 7.55. The van der Waals surface area contributed by atoms with Crippen molar-refractivity contribution in [2.45, 2.75) is 43.5 Å².